The Kier molecular flexibility index (Phi) is 10.4. The van der Waals surface area contributed by atoms with E-state index in [0.717, 1.165) is 34.2 Å². The molecule has 2 aliphatic heterocycles. The van der Waals surface area contributed by atoms with Gasteiger partial charge in [0.1, 0.15) is 23.6 Å². The van der Waals surface area contributed by atoms with E-state index in [9.17, 15) is 19.8 Å². The van der Waals surface area contributed by atoms with Crippen molar-refractivity contribution >= 4 is 11.8 Å². The van der Waals surface area contributed by atoms with Crippen molar-refractivity contribution in [3.8, 4) is 22.6 Å². The largest absolute Gasteiger partial charge is 0.496 e. The number of nitrogens with one attached hydrogen (secondary N) is 2. The van der Waals surface area contributed by atoms with E-state index in [-0.39, 0.29) is 36.4 Å². The van der Waals surface area contributed by atoms with Crippen molar-refractivity contribution in [1.82, 2.24) is 15.7 Å². The summed E-state index contributed by atoms with van der Waals surface area (Å²) < 4.78 is 12.0. The van der Waals surface area contributed by atoms with Crippen LogP contribution in [0.15, 0.2) is 60.7 Å². The molecule has 8 atom stereocenters. The molecule has 0 aromatic heterocycles. The summed E-state index contributed by atoms with van der Waals surface area (Å²) in [6.07, 6.45) is 1.90. The maximum Gasteiger partial charge on any atom is 0.255 e. The van der Waals surface area contributed by atoms with Gasteiger partial charge in [0.05, 0.1) is 38.5 Å². The second kappa shape index (κ2) is 14.8. The molecular formula is C42H53N3O7. The number of ether oxygens (including phenoxy) is 2. The lowest BCUT2D eigenvalue weighted by atomic mass is 9.45. The molecule has 1 saturated heterocycles. The third-order valence-electron chi connectivity index (χ3n) is 12.6. The summed E-state index contributed by atoms with van der Waals surface area (Å²) in [5, 5.41) is 29.3. The van der Waals surface area contributed by atoms with Gasteiger partial charge in [-0.3, -0.25) is 14.4 Å². The minimum absolute atomic E-state index is 0.0420. The number of hydrogen-bond acceptors (Lipinski definition) is 8. The standard InChI is InChI=1S/C42H53N3O7/c1-24-33-20-30(42(33,3)4)21-34(24)44-41(49)37-36(25(2)47)35(23-46)52-45(37)22-28-12-9-13-31(38(28)50-5)29-18-27-15-17-51-39(27)32(19-29)40(48)43-16-14-26-10-7-6-8-11-26/h6-13,18-19,24-25,30,33-37,46-47H,14-17,20-23H2,1-5H3,(H,43,48)(H,44,49)/t24-,25-,30-,33+,34-,35-,36-,37-/m0/s1. The van der Waals surface area contributed by atoms with Gasteiger partial charge in [-0.15, -0.1) is 0 Å². The van der Waals surface area contributed by atoms with E-state index in [0.29, 0.717) is 60.8 Å². The Morgan fingerprint density at radius 1 is 1.10 bits per heavy atom. The van der Waals surface area contributed by atoms with Crippen molar-refractivity contribution in [2.75, 3.05) is 26.9 Å². The number of benzene rings is 3. The molecular weight excluding hydrogens is 658 g/mol. The van der Waals surface area contributed by atoms with Crippen LogP contribution in [0.25, 0.3) is 11.1 Å². The molecule has 8 rings (SSSR count). The maximum absolute atomic E-state index is 14.2. The van der Waals surface area contributed by atoms with Crippen LogP contribution in [0.3, 0.4) is 0 Å². The molecule has 3 aliphatic carbocycles. The number of fused-ring (bicyclic) bond motifs is 3. The van der Waals surface area contributed by atoms with Crippen LogP contribution in [0.2, 0.25) is 0 Å². The van der Waals surface area contributed by atoms with Gasteiger partial charge < -0.3 is 30.3 Å². The summed E-state index contributed by atoms with van der Waals surface area (Å²) in [6.45, 7) is 9.39. The minimum Gasteiger partial charge on any atom is -0.496 e. The second-order valence-electron chi connectivity index (χ2n) is 15.8. The molecule has 0 unspecified atom stereocenters. The lowest BCUT2D eigenvalue weighted by Crippen LogP contribution is -2.62. The SMILES string of the molecule is COc1c(CN2O[C@@H](CO)[C@H]([C@H](C)O)[C@H]2C(=O)N[C@H]2C[C@@H]3C[C@H]([C@@H]2C)C3(C)C)cccc1-c1cc2c(c(C(=O)NCCc3ccccc3)c1)OCC2. The van der Waals surface area contributed by atoms with Crippen LogP contribution in [0, 0.1) is 29.1 Å². The minimum atomic E-state index is -0.895. The molecule has 3 aromatic rings. The molecule has 278 valence electrons. The molecule has 3 aromatic carbocycles. The highest BCUT2D eigenvalue weighted by molar-refractivity contribution is 5.99. The Balaban J connectivity index is 1.14. The molecule has 3 saturated carbocycles. The molecule has 52 heavy (non-hydrogen) atoms. The summed E-state index contributed by atoms with van der Waals surface area (Å²) in [6, 6.07) is 19.0. The fourth-order valence-electron chi connectivity index (χ4n) is 9.52. The molecule has 2 heterocycles. The highest BCUT2D eigenvalue weighted by atomic mass is 16.7. The summed E-state index contributed by atoms with van der Waals surface area (Å²) >= 11 is 0. The number of carbonyl (C=O) groups excluding carboxylic acids is 2. The predicted molar refractivity (Wildman–Crippen MR) is 198 cm³/mol. The fraction of sp³-hybridized carbons (Fsp3) is 0.524. The number of para-hydroxylation sites is 1. The molecule has 5 aliphatic rings. The highest BCUT2D eigenvalue weighted by Crippen LogP contribution is 2.61. The zero-order chi connectivity index (χ0) is 36.7. The predicted octanol–water partition coefficient (Wildman–Crippen LogP) is 4.93. The molecule has 2 amide bonds. The van der Waals surface area contributed by atoms with E-state index in [2.05, 4.69) is 37.5 Å². The monoisotopic (exact) mass is 711 g/mol. The van der Waals surface area contributed by atoms with Crippen LogP contribution >= 0.6 is 0 Å². The molecule has 0 radical (unpaired) electrons. The average Bonchev–Trinajstić information content (AvgIpc) is 3.77. The number of nitrogens with zero attached hydrogens (tertiary/aromatic N) is 1. The molecule has 0 spiro atoms. The molecule has 10 nitrogen and oxygen atoms in total. The fourth-order valence-corrected chi connectivity index (χ4v) is 9.52. The van der Waals surface area contributed by atoms with Gasteiger partial charge >= 0.3 is 0 Å². The van der Waals surface area contributed by atoms with Crippen molar-refractivity contribution in [2.45, 2.75) is 84.2 Å². The number of methoxy groups -OCH3 is 1. The van der Waals surface area contributed by atoms with Crippen molar-refractivity contribution < 1.29 is 34.1 Å². The van der Waals surface area contributed by atoms with Crippen molar-refractivity contribution in [3.63, 3.8) is 0 Å². The Labute approximate surface area is 306 Å². The van der Waals surface area contributed by atoms with E-state index in [1.54, 1.807) is 19.1 Å². The molecule has 4 fully saturated rings. The first-order valence-electron chi connectivity index (χ1n) is 18.8. The van der Waals surface area contributed by atoms with Crippen LogP contribution < -0.4 is 20.1 Å². The van der Waals surface area contributed by atoms with Gasteiger partial charge in [0.25, 0.3) is 5.91 Å². The van der Waals surface area contributed by atoms with Crippen molar-refractivity contribution in [1.29, 1.82) is 0 Å². The first-order valence-corrected chi connectivity index (χ1v) is 18.8. The van der Waals surface area contributed by atoms with Gasteiger partial charge in [-0.2, -0.15) is 5.06 Å². The Morgan fingerprint density at radius 3 is 2.58 bits per heavy atom. The van der Waals surface area contributed by atoms with Crippen LogP contribution in [-0.2, 0) is 29.0 Å². The first kappa shape index (κ1) is 36.4. The van der Waals surface area contributed by atoms with E-state index in [1.807, 2.05) is 54.6 Å². The average molecular weight is 712 g/mol. The van der Waals surface area contributed by atoms with Crippen molar-refractivity contribution in [3.05, 3.63) is 82.9 Å². The molecule has 10 heteroatoms. The molecule has 2 bridgehead atoms. The lowest BCUT2D eigenvalue weighted by Gasteiger charge is -2.62. The topological polar surface area (TPSA) is 130 Å². The number of hydrogen-bond donors (Lipinski definition) is 4. The van der Waals surface area contributed by atoms with Gasteiger partial charge in [0, 0.05) is 36.1 Å². The van der Waals surface area contributed by atoms with Crippen LogP contribution in [0.4, 0.5) is 0 Å². The third-order valence-corrected chi connectivity index (χ3v) is 12.6. The summed E-state index contributed by atoms with van der Waals surface area (Å²) in [4.78, 5) is 34.1. The maximum atomic E-state index is 14.2. The Morgan fingerprint density at radius 2 is 1.88 bits per heavy atom. The zero-order valence-electron chi connectivity index (χ0n) is 30.9. The summed E-state index contributed by atoms with van der Waals surface area (Å²) in [7, 11) is 1.61. The zero-order valence-corrected chi connectivity index (χ0v) is 30.9. The second-order valence-corrected chi connectivity index (χ2v) is 15.8. The highest BCUT2D eigenvalue weighted by Gasteiger charge is 2.57. The third kappa shape index (κ3) is 6.70. The van der Waals surface area contributed by atoms with Gasteiger partial charge in [0.2, 0.25) is 5.91 Å². The molecule has 4 N–H and O–H groups in total. The number of aliphatic hydroxyl groups is 2. The number of rotatable bonds is 12. The van der Waals surface area contributed by atoms with E-state index >= 15 is 0 Å². The van der Waals surface area contributed by atoms with Crippen LogP contribution in [0.5, 0.6) is 11.5 Å². The number of hydroxylamine groups is 2. The lowest BCUT2D eigenvalue weighted by molar-refractivity contribution is -0.183. The van der Waals surface area contributed by atoms with Gasteiger partial charge in [-0.05, 0) is 78.2 Å². The Hall–Kier alpha value is -3.96. The van der Waals surface area contributed by atoms with Crippen LogP contribution in [0.1, 0.15) is 67.6 Å². The normalized spacial score (nSPS) is 27.9. The number of aliphatic hydroxyl groups excluding tert-OH is 2. The smallest absolute Gasteiger partial charge is 0.255 e. The first-order chi connectivity index (χ1) is 25.0. The Bertz CT molecular complexity index is 1780. The van der Waals surface area contributed by atoms with Gasteiger partial charge in [-0.1, -0.05) is 69.3 Å². The van der Waals surface area contributed by atoms with Gasteiger partial charge in [0.15, 0.2) is 0 Å². The number of amides is 2. The number of carbonyl (C=O) groups is 2. The van der Waals surface area contributed by atoms with Crippen molar-refractivity contribution in [2.24, 2.45) is 29.1 Å². The van der Waals surface area contributed by atoms with Crippen LogP contribution in [-0.4, -0.2) is 78.3 Å². The van der Waals surface area contributed by atoms with Gasteiger partial charge in [-0.25, -0.2) is 0 Å². The summed E-state index contributed by atoms with van der Waals surface area (Å²) in [5.41, 5.74) is 5.24. The quantitative estimate of drug-likeness (QED) is 0.208. The van der Waals surface area contributed by atoms with E-state index in [1.165, 1.54) is 6.42 Å². The summed E-state index contributed by atoms with van der Waals surface area (Å²) in [5.74, 6) is 1.64. The van der Waals surface area contributed by atoms with E-state index < -0.39 is 24.2 Å². The van der Waals surface area contributed by atoms with E-state index in [4.69, 9.17) is 14.3 Å².